The Hall–Kier alpha value is -1.74. The molecule has 1 amide bonds. The molecule has 2 aromatic carbocycles. The van der Waals surface area contributed by atoms with E-state index in [0.29, 0.717) is 5.92 Å². The lowest BCUT2D eigenvalue weighted by Gasteiger charge is -2.17. The summed E-state index contributed by atoms with van der Waals surface area (Å²) in [7, 11) is 0. The minimum absolute atomic E-state index is 0.00321. The lowest BCUT2D eigenvalue weighted by molar-refractivity contribution is 0.0930. The number of hydrogen-bond donors (Lipinski definition) is 1. The van der Waals surface area contributed by atoms with Gasteiger partial charge in [0, 0.05) is 22.3 Å². The van der Waals surface area contributed by atoms with Gasteiger partial charge in [-0.1, -0.05) is 44.2 Å². The molecule has 0 heterocycles. The summed E-state index contributed by atoms with van der Waals surface area (Å²) in [6.45, 7) is 6.25. The van der Waals surface area contributed by atoms with Gasteiger partial charge in [0.1, 0.15) is 0 Å². The van der Waals surface area contributed by atoms with E-state index in [9.17, 15) is 4.79 Å². The fraction of sp³-hybridized carbons (Fsp3) is 0.316. The molecule has 2 nitrogen and oxygen atoms in total. The SMILES string of the molecule is CC(C)C(C)NC(=O)c1ccc(CSc2ccccc2)cc1. The van der Waals surface area contributed by atoms with E-state index in [1.807, 2.05) is 49.4 Å². The summed E-state index contributed by atoms with van der Waals surface area (Å²) in [5.74, 6) is 1.35. The first kappa shape index (κ1) is 16.6. The number of rotatable bonds is 6. The van der Waals surface area contributed by atoms with Crippen LogP contribution in [0.5, 0.6) is 0 Å². The molecule has 0 aliphatic carbocycles. The molecular weight excluding hydrogens is 290 g/mol. The minimum Gasteiger partial charge on any atom is -0.349 e. The van der Waals surface area contributed by atoms with E-state index < -0.39 is 0 Å². The highest BCUT2D eigenvalue weighted by Crippen LogP contribution is 2.22. The van der Waals surface area contributed by atoms with Gasteiger partial charge in [-0.3, -0.25) is 4.79 Å². The van der Waals surface area contributed by atoms with Gasteiger partial charge in [0.15, 0.2) is 0 Å². The van der Waals surface area contributed by atoms with Gasteiger partial charge in [-0.15, -0.1) is 11.8 Å². The third kappa shape index (κ3) is 4.92. The second-order valence-electron chi connectivity index (χ2n) is 5.80. The van der Waals surface area contributed by atoms with Crippen LogP contribution < -0.4 is 5.32 Å². The summed E-state index contributed by atoms with van der Waals surface area (Å²) >= 11 is 1.80. The Labute approximate surface area is 137 Å². The van der Waals surface area contributed by atoms with Gasteiger partial charge in [-0.05, 0) is 42.7 Å². The van der Waals surface area contributed by atoms with Gasteiger partial charge in [-0.25, -0.2) is 0 Å². The summed E-state index contributed by atoms with van der Waals surface area (Å²) in [6.07, 6.45) is 0. The van der Waals surface area contributed by atoms with Gasteiger partial charge in [0.05, 0.1) is 0 Å². The van der Waals surface area contributed by atoms with Gasteiger partial charge < -0.3 is 5.32 Å². The number of thioether (sulfide) groups is 1. The van der Waals surface area contributed by atoms with Crippen molar-refractivity contribution in [3.8, 4) is 0 Å². The largest absolute Gasteiger partial charge is 0.349 e. The maximum absolute atomic E-state index is 12.1. The first-order chi connectivity index (χ1) is 10.6. The Balaban J connectivity index is 1.91. The summed E-state index contributed by atoms with van der Waals surface area (Å²) in [4.78, 5) is 13.4. The minimum atomic E-state index is 0.00321. The fourth-order valence-electron chi connectivity index (χ4n) is 1.89. The average Bonchev–Trinajstić information content (AvgIpc) is 2.54. The molecule has 22 heavy (non-hydrogen) atoms. The third-order valence-corrected chi connectivity index (χ3v) is 4.81. The highest BCUT2D eigenvalue weighted by molar-refractivity contribution is 7.98. The molecule has 0 bridgehead atoms. The van der Waals surface area contributed by atoms with E-state index in [0.717, 1.165) is 11.3 Å². The zero-order valence-corrected chi connectivity index (χ0v) is 14.2. The molecule has 0 fully saturated rings. The smallest absolute Gasteiger partial charge is 0.251 e. The molecule has 0 aliphatic heterocycles. The molecule has 2 rings (SSSR count). The molecule has 3 heteroatoms. The lowest BCUT2D eigenvalue weighted by Crippen LogP contribution is -2.36. The van der Waals surface area contributed by atoms with Crippen molar-refractivity contribution in [1.29, 1.82) is 0 Å². The van der Waals surface area contributed by atoms with Crippen LogP contribution in [0.15, 0.2) is 59.5 Å². The maximum Gasteiger partial charge on any atom is 0.251 e. The summed E-state index contributed by atoms with van der Waals surface area (Å²) in [5.41, 5.74) is 1.95. The van der Waals surface area contributed by atoms with Crippen molar-refractivity contribution in [3.05, 3.63) is 65.7 Å². The van der Waals surface area contributed by atoms with E-state index in [4.69, 9.17) is 0 Å². The van der Waals surface area contributed by atoms with Crippen molar-refractivity contribution in [1.82, 2.24) is 5.32 Å². The molecule has 116 valence electrons. The number of nitrogens with one attached hydrogen (secondary N) is 1. The molecule has 0 aliphatic rings. The second kappa shape index (κ2) is 8.04. The van der Waals surface area contributed by atoms with Crippen molar-refractivity contribution >= 4 is 17.7 Å². The van der Waals surface area contributed by atoms with Crippen molar-refractivity contribution in [2.24, 2.45) is 5.92 Å². The van der Waals surface area contributed by atoms with E-state index in [1.54, 1.807) is 11.8 Å². The maximum atomic E-state index is 12.1. The van der Waals surface area contributed by atoms with Gasteiger partial charge in [0.2, 0.25) is 0 Å². The quantitative estimate of drug-likeness (QED) is 0.780. The summed E-state index contributed by atoms with van der Waals surface area (Å²) in [6, 6.07) is 18.4. The Morgan fingerprint density at radius 3 is 2.23 bits per heavy atom. The molecular formula is C19H23NOS. The van der Waals surface area contributed by atoms with Crippen LogP contribution >= 0.6 is 11.8 Å². The van der Waals surface area contributed by atoms with Crippen LogP contribution in [0.1, 0.15) is 36.7 Å². The highest BCUT2D eigenvalue weighted by Gasteiger charge is 2.12. The van der Waals surface area contributed by atoms with Crippen LogP contribution in [0.4, 0.5) is 0 Å². The molecule has 0 radical (unpaired) electrons. The van der Waals surface area contributed by atoms with Crippen LogP contribution in [-0.4, -0.2) is 11.9 Å². The topological polar surface area (TPSA) is 29.1 Å². The second-order valence-corrected chi connectivity index (χ2v) is 6.85. The molecule has 0 aromatic heterocycles. The molecule has 0 saturated carbocycles. The Morgan fingerprint density at radius 2 is 1.64 bits per heavy atom. The number of amides is 1. The Kier molecular flexibility index (Phi) is 6.08. The fourth-order valence-corrected chi connectivity index (χ4v) is 2.77. The molecule has 0 saturated heterocycles. The molecule has 1 N–H and O–H groups in total. The number of carbonyl (C=O) groups excluding carboxylic acids is 1. The standard InChI is InChI=1S/C19H23NOS/c1-14(2)15(3)20-19(21)17-11-9-16(10-12-17)13-22-18-7-5-4-6-8-18/h4-12,14-15H,13H2,1-3H3,(H,20,21). The normalized spacial score (nSPS) is 12.2. The molecule has 0 spiro atoms. The van der Waals surface area contributed by atoms with Crippen LogP contribution in [-0.2, 0) is 5.75 Å². The number of benzene rings is 2. The zero-order chi connectivity index (χ0) is 15.9. The molecule has 1 atom stereocenters. The van der Waals surface area contributed by atoms with Crippen molar-refractivity contribution < 1.29 is 4.79 Å². The van der Waals surface area contributed by atoms with Crippen LogP contribution in [0, 0.1) is 5.92 Å². The Morgan fingerprint density at radius 1 is 1.00 bits per heavy atom. The molecule has 1 unspecified atom stereocenters. The average molecular weight is 313 g/mol. The number of carbonyl (C=O) groups is 1. The van der Waals surface area contributed by atoms with E-state index in [1.165, 1.54) is 10.5 Å². The van der Waals surface area contributed by atoms with Gasteiger partial charge in [-0.2, -0.15) is 0 Å². The van der Waals surface area contributed by atoms with Gasteiger partial charge >= 0.3 is 0 Å². The van der Waals surface area contributed by atoms with E-state index in [2.05, 4.69) is 31.3 Å². The van der Waals surface area contributed by atoms with Crippen LogP contribution in [0.3, 0.4) is 0 Å². The van der Waals surface area contributed by atoms with Crippen molar-refractivity contribution in [3.63, 3.8) is 0 Å². The zero-order valence-electron chi connectivity index (χ0n) is 13.4. The Bertz CT molecular complexity index is 593. The predicted molar refractivity (Wildman–Crippen MR) is 94.2 cm³/mol. The summed E-state index contributed by atoms with van der Waals surface area (Å²) < 4.78 is 0. The van der Waals surface area contributed by atoms with Crippen LogP contribution in [0.25, 0.3) is 0 Å². The highest BCUT2D eigenvalue weighted by atomic mass is 32.2. The summed E-state index contributed by atoms with van der Waals surface area (Å²) in [5, 5.41) is 3.03. The van der Waals surface area contributed by atoms with Gasteiger partial charge in [0.25, 0.3) is 5.91 Å². The van der Waals surface area contributed by atoms with Crippen molar-refractivity contribution in [2.45, 2.75) is 37.5 Å². The lowest BCUT2D eigenvalue weighted by atomic mass is 10.1. The third-order valence-electron chi connectivity index (χ3n) is 3.72. The monoisotopic (exact) mass is 313 g/mol. The first-order valence-electron chi connectivity index (χ1n) is 7.64. The molecule has 2 aromatic rings. The van der Waals surface area contributed by atoms with E-state index >= 15 is 0 Å². The first-order valence-corrected chi connectivity index (χ1v) is 8.62. The van der Waals surface area contributed by atoms with E-state index in [-0.39, 0.29) is 11.9 Å². The number of hydrogen-bond acceptors (Lipinski definition) is 2. The van der Waals surface area contributed by atoms with Crippen LogP contribution in [0.2, 0.25) is 0 Å². The van der Waals surface area contributed by atoms with Crippen molar-refractivity contribution in [2.75, 3.05) is 0 Å². The predicted octanol–water partition coefficient (Wildman–Crippen LogP) is 4.75.